The van der Waals surface area contributed by atoms with Gasteiger partial charge in [-0.3, -0.25) is 0 Å². The van der Waals surface area contributed by atoms with Crippen LogP contribution in [0.2, 0.25) is 0 Å². The Morgan fingerprint density at radius 1 is 1.26 bits per heavy atom. The van der Waals surface area contributed by atoms with Gasteiger partial charge in [0, 0.05) is 29.9 Å². The summed E-state index contributed by atoms with van der Waals surface area (Å²) in [6.07, 6.45) is 5.58. The van der Waals surface area contributed by atoms with Crippen molar-refractivity contribution in [1.29, 1.82) is 0 Å². The van der Waals surface area contributed by atoms with E-state index in [1.165, 1.54) is 10.9 Å². The summed E-state index contributed by atoms with van der Waals surface area (Å²) < 4.78 is 2.05. The number of hydrogen-bond acceptors (Lipinski definition) is 3. The van der Waals surface area contributed by atoms with Crippen molar-refractivity contribution in [3.63, 3.8) is 0 Å². The number of imidazole rings is 1. The van der Waals surface area contributed by atoms with Crippen molar-refractivity contribution in [1.82, 2.24) is 14.5 Å². The first-order valence-electron chi connectivity index (χ1n) is 6.45. The molecule has 1 aromatic carbocycles. The molecular weight excluding hydrogens is 236 g/mol. The average molecular weight is 252 g/mol. The van der Waals surface area contributed by atoms with E-state index in [2.05, 4.69) is 29.4 Å². The van der Waals surface area contributed by atoms with E-state index in [4.69, 9.17) is 4.98 Å². The number of aromatic nitrogens is 3. The molecule has 4 nitrogen and oxygen atoms in total. The van der Waals surface area contributed by atoms with Crippen molar-refractivity contribution in [3.8, 4) is 0 Å². The summed E-state index contributed by atoms with van der Waals surface area (Å²) in [4.78, 5) is 8.78. The fraction of sp³-hybridized carbons (Fsp3) is 0.200. The fourth-order valence-electron chi connectivity index (χ4n) is 2.18. The molecule has 96 valence electrons. The molecule has 1 N–H and O–H groups in total. The molecule has 0 fully saturated rings. The Bertz CT molecular complexity index is 674. The number of fused-ring (bicyclic) bond motifs is 1. The normalized spacial score (nSPS) is 10.8. The molecule has 2 heterocycles. The summed E-state index contributed by atoms with van der Waals surface area (Å²) in [5.74, 6) is 0.954. The highest BCUT2D eigenvalue weighted by Gasteiger charge is 2.06. The number of nitrogens with zero attached hydrogens (tertiary/aromatic N) is 3. The third-order valence-corrected chi connectivity index (χ3v) is 3.06. The van der Waals surface area contributed by atoms with Crippen LogP contribution in [0.5, 0.6) is 0 Å². The number of anilines is 1. The number of nitrogens with one attached hydrogen (secondary N) is 1. The predicted molar refractivity (Wildman–Crippen MR) is 77.2 cm³/mol. The zero-order valence-corrected chi connectivity index (χ0v) is 10.9. The zero-order chi connectivity index (χ0) is 13.1. The summed E-state index contributed by atoms with van der Waals surface area (Å²) in [7, 11) is 0. The standard InChI is InChI=1S/C15H16N4/c1-2-17-15-13(10-19-8-7-16-11-19)9-12-5-3-4-6-14(12)18-15/h3-9,11H,2,10H2,1H3,(H,17,18). The zero-order valence-electron chi connectivity index (χ0n) is 10.9. The molecule has 0 aliphatic carbocycles. The van der Waals surface area contributed by atoms with Gasteiger partial charge in [0.15, 0.2) is 0 Å². The number of benzene rings is 1. The maximum atomic E-state index is 4.70. The highest BCUT2D eigenvalue weighted by atomic mass is 15.0. The predicted octanol–water partition coefficient (Wildman–Crippen LogP) is 2.91. The van der Waals surface area contributed by atoms with Gasteiger partial charge >= 0.3 is 0 Å². The minimum Gasteiger partial charge on any atom is -0.370 e. The maximum absolute atomic E-state index is 4.70. The van der Waals surface area contributed by atoms with Crippen molar-refractivity contribution >= 4 is 16.7 Å². The van der Waals surface area contributed by atoms with E-state index in [0.29, 0.717) is 0 Å². The van der Waals surface area contributed by atoms with Crippen LogP contribution in [0.3, 0.4) is 0 Å². The number of rotatable bonds is 4. The molecule has 0 amide bonds. The van der Waals surface area contributed by atoms with Gasteiger partial charge in [-0.05, 0) is 19.1 Å². The van der Waals surface area contributed by atoms with Crippen LogP contribution in [0.25, 0.3) is 10.9 Å². The largest absolute Gasteiger partial charge is 0.370 e. The van der Waals surface area contributed by atoms with E-state index in [0.717, 1.165) is 24.4 Å². The minimum absolute atomic E-state index is 0.778. The quantitative estimate of drug-likeness (QED) is 0.776. The molecule has 0 atom stereocenters. The Labute approximate surface area is 112 Å². The molecule has 3 aromatic rings. The van der Waals surface area contributed by atoms with Crippen molar-refractivity contribution < 1.29 is 0 Å². The second-order valence-corrected chi connectivity index (χ2v) is 4.45. The number of pyridine rings is 1. The Morgan fingerprint density at radius 3 is 2.95 bits per heavy atom. The van der Waals surface area contributed by atoms with Gasteiger partial charge < -0.3 is 9.88 Å². The fourth-order valence-corrected chi connectivity index (χ4v) is 2.18. The molecule has 4 heteroatoms. The van der Waals surface area contributed by atoms with Crippen LogP contribution in [0, 0.1) is 0 Å². The van der Waals surface area contributed by atoms with E-state index < -0.39 is 0 Å². The van der Waals surface area contributed by atoms with Crippen molar-refractivity contribution in [2.75, 3.05) is 11.9 Å². The van der Waals surface area contributed by atoms with E-state index in [1.54, 1.807) is 6.20 Å². The lowest BCUT2D eigenvalue weighted by Crippen LogP contribution is -2.06. The van der Waals surface area contributed by atoms with Crippen LogP contribution in [0.4, 0.5) is 5.82 Å². The topological polar surface area (TPSA) is 42.7 Å². The first kappa shape index (κ1) is 11.7. The molecule has 0 aliphatic rings. The molecule has 3 rings (SSSR count). The Balaban J connectivity index is 2.06. The van der Waals surface area contributed by atoms with E-state index in [1.807, 2.05) is 35.3 Å². The molecule has 0 bridgehead atoms. The lowest BCUT2D eigenvalue weighted by atomic mass is 10.1. The summed E-state index contributed by atoms with van der Waals surface area (Å²) >= 11 is 0. The van der Waals surface area contributed by atoms with Gasteiger partial charge in [0.1, 0.15) is 5.82 Å². The average Bonchev–Trinajstić information content (AvgIpc) is 2.93. The molecule has 0 saturated carbocycles. The van der Waals surface area contributed by atoms with Crippen LogP contribution in [-0.4, -0.2) is 21.1 Å². The Kier molecular flexibility index (Phi) is 3.14. The monoisotopic (exact) mass is 252 g/mol. The van der Waals surface area contributed by atoms with Gasteiger partial charge in [-0.1, -0.05) is 18.2 Å². The summed E-state index contributed by atoms with van der Waals surface area (Å²) in [6, 6.07) is 10.4. The summed E-state index contributed by atoms with van der Waals surface area (Å²) in [5, 5.41) is 4.50. The Morgan fingerprint density at radius 2 is 2.16 bits per heavy atom. The number of para-hydroxylation sites is 1. The highest BCUT2D eigenvalue weighted by Crippen LogP contribution is 2.21. The first-order valence-corrected chi connectivity index (χ1v) is 6.45. The summed E-state index contributed by atoms with van der Waals surface area (Å²) in [5.41, 5.74) is 2.20. The smallest absolute Gasteiger partial charge is 0.131 e. The first-order chi connectivity index (χ1) is 9.36. The van der Waals surface area contributed by atoms with Gasteiger partial charge in [-0.15, -0.1) is 0 Å². The van der Waals surface area contributed by atoms with E-state index in [-0.39, 0.29) is 0 Å². The second-order valence-electron chi connectivity index (χ2n) is 4.45. The van der Waals surface area contributed by atoms with Gasteiger partial charge in [0.05, 0.1) is 18.4 Å². The molecule has 0 radical (unpaired) electrons. The maximum Gasteiger partial charge on any atom is 0.131 e. The van der Waals surface area contributed by atoms with E-state index in [9.17, 15) is 0 Å². The molecule has 0 unspecified atom stereocenters. The van der Waals surface area contributed by atoms with Gasteiger partial charge in [-0.2, -0.15) is 0 Å². The highest BCUT2D eigenvalue weighted by molar-refractivity contribution is 5.81. The molecule has 2 aromatic heterocycles. The summed E-state index contributed by atoms with van der Waals surface area (Å²) in [6.45, 7) is 3.72. The molecule has 19 heavy (non-hydrogen) atoms. The van der Waals surface area contributed by atoms with Crippen molar-refractivity contribution in [3.05, 3.63) is 54.6 Å². The van der Waals surface area contributed by atoms with Gasteiger partial charge in [0.25, 0.3) is 0 Å². The Hall–Kier alpha value is -2.36. The molecule has 0 aliphatic heterocycles. The molecular formula is C15H16N4. The van der Waals surface area contributed by atoms with Crippen LogP contribution in [0.1, 0.15) is 12.5 Å². The van der Waals surface area contributed by atoms with Crippen LogP contribution < -0.4 is 5.32 Å². The van der Waals surface area contributed by atoms with Crippen LogP contribution in [0.15, 0.2) is 49.1 Å². The third kappa shape index (κ3) is 2.42. The lowest BCUT2D eigenvalue weighted by molar-refractivity contribution is 0.795. The van der Waals surface area contributed by atoms with Gasteiger partial charge in [0.2, 0.25) is 0 Å². The lowest BCUT2D eigenvalue weighted by Gasteiger charge is -2.12. The SMILES string of the molecule is CCNc1nc2ccccc2cc1Cn1ccnc1. The molecule has 0 spiro atoms. The third-order valence-electron chi connectivity index (χ3n) is 3.06. The van der Waals surface area contributed by atoms with Gasteiger partial charge in [-0.25, -0.2) is 9.97 Å². The number of hydrogen-bond donors (Lipinski definition) is 1. The van der Waals surface area contributed by atoms with Crippen molar-refractivity contribution in [2.45, 2.75) is 13.5 Å². The van der Waals surface area contributed by atoms with Crippen molar-refractivity contribution in [2.24, 2.45) is 0 Å². The molecule has 0 saturated heterocycles. The van der Waals surface area contributed by atoms with Crippen LogP contribution in [-0.2, 0) is 6.54 Å². The minimum atomic E-state index is 0.778. The van der Waals surface area contributed by atoms with E-state index >= 15 is 0 Å². The van der Waals surface area contributed by atoms with Crippen LogP contribution >= 0.6 is 0 Å². The second kappa shape index (κ2) is 5.10.